The molecule has 0 amide bonds. The van der Waals surface area contributed by atoms with Crippen molar-refractivity contribution in [2.45, 2.75) is 32.1 Å². The first-order valence-corrected chi connectivity index (χ1v) is 10.4. The van der Waals surface area contributed by atoms with E-state index in [2.05, 4.69) is 26.9 Å². The monoisotopic (exact) mass is 355 g/mol. The molecule has 1 saturated carbocycles. The molecular weight excluding hydrogens is 330 g/mol. The summed E-state index contributed by atoms with van der Waals surface area (Å²) in [5.41, 5.74) is 8.13. The Balaban J connectivity index is 1.62. The number of H-pyrrole nitrogens is 2. The molecule has 2 aromatic rings. The van der Waals surface area contributed by atoms with Gasteiger partial charge in [0.25, 0.3) is 5.56 Å². The maximum atomic E-state index is 12.3. The Bertz CT molecular complexity index is 967. The maximum absolute atomic E-state index is 12.3. The number of nitrogens with two attached hydrogens (primary N) is 1. The number of hydrogen-bond acceptors (Lipinski definition) is 2. The van der Waals surface area contributed by atoms with Crippen molar-refractivity contribution >= 4 is 21.4 Å². The van der Waals surface area contributed by atoms with Crippen molar-refractivity contribution in [3.8, 4) is 0 Å². The number of nitrogens with one attached hydrogen (secondary N) is 2. The summed E-state index contributed by atoms with van der Waals surface area (Å²) in [5, 5.41) is 5.22. The predicted molar refractivity (Wildman–Crippen MR) is 106 cm³/mol. The minimum Gasteiger partial charge on any atom is -0.336 e. The van der Waals surface area contributed by atoms with E-state index in [1.807, 2.05) is 24.3 Å². The molecule has 4 nitrogen and oxygen atoms in total. The first kappa shape index (κ1) is 16.6. The fraction of sp³-hybridized carbons (Fsp3) is 0.400. The summed E-state index contributed by atoms with van der Waals surface area (Å²) >= 11 is 0. The van der Waals surface area contributed by atoms with Crippen LogP contribution < -0.4 is 11.3 Å². The van der Waals surface area contributed by atoms with Crippen molar-refractivity contribution in [1.29, 1.82) is 0 Å². The number of fused-ring (bicyclic) bond motifs is 1. The van der Waals surface area contributed by atoms with Gasteiger partial charge in [-0.3, -0.25) is 4.79 Å². The smallest absolute Gasteiger partial charge is 0.259 e. The van der Waals surface area contributed by atoms with Crippen LogP contribution in [0.3, 0.4) is 0 Å². The van der Waals surface area contributed by atoms with Gasteiger partial charge in [0.05, 0.1) is 10.9 Å². The van der Waals surface area contributed by atoms with E-state index in [0.717, 1.165) is 29.2 Å². The third-order valence-corrected chi connectivity index (χ3v) is 7.00. The molecule has 2 aliphatic rings. The van der Waals surface area contributed by atoms with Gasteiger partial charge in [0.15, 0.2) is 0 Å². The molecule has 5 heteroatoms. The minimum atomic E-state index is -0.180. The molecule has 4 N–H and O–H groups in total. The van der Waals surface area contributed by atoms with Crippen LogP contribution in [0, 0.1) is 16.6 Å². The second kappa shape index (κ2) is 7.18. The Morgan fingerprint density at radius 2 is 2.00 bits per heavy atom. The van der Waals surface area contributed by atoms with Crippen LogP contribution in [-0.4, -0.2) is 16.5 Å². The van der Waals surface area contributed by atoms with Gasteiger partial charge in [-0.25, -0.2) is 0 Å². The van der Waals surface area contributed by atoms with Gasteiger partial charge in [-0.05, 0) is 66.2 Å². The second-order valence-electron chi connectivity index (χ2n) is 7.16. The molecule has 0 radical (unpaired) electrons. The lowest BCUT2D eigenvalue weighted by Crippen LogP contribution is -2.22. The molecule has 4 rings (SSSR count). The number of rotatable bonds is 3. The number of benzene rings is 1. The summed E-state index contributed by atoms with van der Waals surface area (Å²) in [6, 6.07) is 7.64. The van der Waals surface area contributed by atoms with Gasteiger partial charge in [0, 0.05) is 0 Å². The zero-order valence-electron chi connectivity index (χ0n) is 14.3. The predicted octanol–water partition coefficient (Wildman–Crippen LogP) is 4.22. The van der Waals surface area contributed by atoms with Crippen molar-refractivity contribution in [2.24, 2.45) is 17.6 Å². The molecule has 1 aromatic carbocycles. The number of hydrogen-bond donors (Lipinski definition) is 3. The van der Waals surface area contributed by atoms with E-state index in [1.54, 1.807) is 0 Å². The number of aromatic nitrogens is 2. The van der Waals surface area contributed by atoms with Gasteiger partial charge in [-0.1, -0.05) is 41.5 Å². The molecule has 0 saturated heterocycles. The molecule has 3 unspecified atom stereocenters. The Morgan fingerprint density at radius 3 is 2.88 bits per heavy atom. The van der Waals surface area contributed by atoms with Crippen LogP contribution in [0.2, 0.25) is 0 Å². The molecule has 0 spiro atoms. The van der Waals surface area contributed by atoms with Gasteiger partial charge in [-0.15, -0.1) is 0 Å². The van der Waals surface area contributed by atoms with E-state index >= 15 is 0 Å². The third kappa shape index (κ3) is 3.58. The molecule has 3 atom stereocenters. The fourth-order valence-electron chi connectivity index (χ4n) is 4.01. The van der Waals surface area contributed by atoms with Gasteiger partial charge in [0.2, 0.25) is 0 Å². The summed E-state index contributed by atoms with van der Waals surface area (Å²) < 4.78 is 0.887. The molecule has 1 fully saturated rings. The average molecular weight is 356 g/mol. The lowest BCUT2D eigenvalue weighted by molar-refractivity contribution is 0.271. The molecule has 1 aromatic heterocycles. The van der Waals surface area contributed by atoms with E-state index in [0.29, 0.717) is 11.3 Å². The van der Waals surface area contributed by atoms with Crippen LogP contribution in [0.4, 0.5) is 0 Å². The molecule has 2 heterocycles. The van der Waals surface area contributed by atoms with Crippen molar-refractivity contribution in [3.05, 3.63) is 61.9 Å². The highest BCUT2D eigenvalue weighted by Gasteiger charge is 2.22. The quantitative estimate of drug-likeness (QED) is 0.721. The van der Waals surface area contributed by atoms with Crippen molar-refractivity contribution in [1.82, 2.24) is 9.97 Å². The Kier molecular flexibility index (Phi) is 4.77. The molecule has 1 aliphatic heterocycles. The summed E-state index contributed by atoms with van der Waals surface area (Å²) in [5.74, 6) is 1.45. The molecular formula is C20H25N3OS. The molecule has 132 valence electrons. The highest BCUT2D eigenvalue weighted by molar-refractivity contribution is 8.14. The summed E-state index contributed by atoms with van der Waals surface area (Å²) in [6.45, 7) is 0.822. The van der Waals surface area contributed by atoms with Crippen LogP contribution in [0.25, 0.3) is 10.9 Å². The van der Waals surface area contributed by atoms with Crippen LogP contribution in [0.5, 0.6) is 0 Å². The van der Waals surface area contributed by atoms with Gasteiger partial charge in [0.1, 0.15) is 4.77 Å². The second-order valence-corrected chi connectivity index (χ2v) is 8.82. The van der Waals surface area contributed by atoms with E-state index < -0.39 is 0 Å². The normalized spacial score (nSPS) is 26.8. The van der Waals surface area contributed by atoms with Crippen molar-refractivity contribution in [3.63, 3.8) is 0 Å². The Morgan fingerprint density at radius 1 is 1.16 bits per heavy atom. The largest absolute Gasteiger partial charge is 0.336 e. The van der Waals surface area contributed by atoms with E-state index in [9.17, 15) is 4.79 Å². The number of allylic oxidation sites excluding steroid dienone is 2. The van der Waals surface area contributed by atoms with Crippen LogP contribution in [0.15, 0.2) is 51.5 Å². The van der Waals surface area contributed by atoms with Crippen LogP contribution in [-0.2, 0) is 0 Å². The van der Waals surface area contributed by atoms with E-state index in [-0.39, 0.29) is 16.0 Å². The molecule has 25 heavy (non-hydrogen) atoms. The standard InChI is InChI=1S/C20H25N3OS/c21-12-15-5-3-4-14(10-15)11-16-8-9-25(13-16)20-22-18-7-2-1-6-17(18)19(24)23-20/h1-2,6-9,13-15,22H,3-5,10-12,21H2,(H,23,24). The fourth-order valence-corrected chi connectivity index (χ4v) is 5.61. The highest BCUT2D eigenvalue weighted by atomic mass is 32.2. The minimum absolute atomic E-state index is 0.0230. The first-order valence-electron chi connectivity index (χ1n) is 9.08. The lowest BCUT2D eigenvalue weighted by Gasteiger charge is -2.28. The molecule has 0 bridgehead atoms. The third-order valence-electron chi connectivity index (χ3n) is 5.34. The maximum Gasteiger partial charge on any atom is 0.259 e. The van der Waals surface area contributed by atoms with E-state index in [4.69, 9.17) is 5.73 Å². The Hall–Kier alpha value is -1.85. The topological polar surface area (TPSA) is 74.7 Å². The van der Waals surface area contributed by atoms with Crippen molar-refractivity contribution < 1.29 is 0 Å². The SMILES string of the molecule is NCC1CCCC(CC2=CS(=c3[nH]c(=O)c4ccccc4[nH]3)C=C2)C1. The van der Waals surface area contributed by atoms with Crippen LogP contribution >= 0.6 is 10.5 Å². The van der Waals surface area contributed by atoms with Gasteiger partial charge >= 0.3 is 0 Å². The highest BCUT2D eigenvalue weighted by Crippen LogP contribution is 2.37. The molecule has 1 aliphatic carbocycles. The van der Waals surface area contributed by atoms with E-state index in [1.165, 1.54) is 31.3 Å². The number of aromatic amines is 2. The van der Waals surface area contributed by atoms with Gasteiger partial charge in [-0.2, -0.15) is 0 Å². The summed E-state index contributed by atoms with van der Waals surface area (Å²) in [7, 11) is -0.180. The van der Waals surface area contributed by atoms with Crippen LogP contribution in [0.1, 0.15) is 32.1 Å². The summed E-state index contributed by atoms with van der Waals surface area (Å²) in [6.07, 6.45) is 8.54. The van der Waals surface area contributed by atoms with Gasteiger partial charge < -0.3 is 15.7 Å². The van der Waals surface area contributed by atoms with Crippen molar-refractivity contribution in [2.75, 3.05) is 6.54 Å². The average Bonchev–Trinajstić information content (AvgIpc) is 3.10. The zero-order chi connectivity index (χ0) is 17.2. The Labute approximate surface area is 149 Å². The lowest BCUT2D eigenvalue weighted by atomic mass is 9.79. The first-order chi connectivity index (χ1) is 12.2. The number of para-hydroxylation sites is 1. The summed E-state index contributed by atoms with van der Waals surface area (Å²) in [4.78, 5) is 18.7. The zero-order valence-corrected chi connectivity index (χ0v) is 15.1.